The minimum atomic E-state index is -1.17. The van der Waals surface area contributed by atoms with Crippen molar-refractivity contribution >= 4 is 45.7 Å². The van der Waals surface area contributed by atoms with Crippen molar-refractivity contribution in [2.24, 2.45) is 0 Å². The first-order chi connectivity index (χ1) is 18.9. The number of imidazole rings is 1. The molecule has 0 bridgehead atoms. The van der Waals surface area contributed by atoms with Gasteiger partial charge in [-0.1, -0.05) is 11.6 Å². The molecule has 1 saturated carbocycles. The first-order valence-electron chi connectivity index (χ1n) is 13.2. The molecule has 1 fully saturated rings. The Morgan fingerprint density at radius 2 is 1.82 bits per heavy atom. The number of hydrogen-bond donors (Lipinski definition) is 1. The van der Waals surface area contributed by atoms with Crippen LogP contribution in [0.4, 0.5) is 30.4 Å². The van der Waals surface area contributed by atoms with Gasteiger partial charge in [-0.25, -0.2) is 23.7 Å². The minimum Gasteiger partial charge on any atom is -0.336 e. The molecule has 11 heteroatoms. The average molecular weight is 569 g/mol. The molecule has 1 aliphatic heterocycles. The van der Waals surface area contributed by atoms with Crippen molar-refractivity contribution in [1.82, 2.24) is 19.5 Å². The fourth-order valence-electron chi connectivity index (χ4n) is 5.45. The van der Waals surface area contributed by atoms with Crippen molar-refractivity contribution in [2.75, 3.05) is 10.2 Å². The normalized spacial score (nSPS) is 16.6. The number of aryl methyl sites for hydroxylation is 1. The van der Waals surface area contributed by atoms with E-state index in [1.165, 1.54) is 6.07 Å². The lowest BCUT2D eigenvalue weighted by molar-refractivity contribution is -0.123. The smallest absolute Gasteiger partial charge is 0.239 e. The highest BCUT2D eigenvalue weighted by molar-refractivity contribution is 6.31. The fourth-order valence-corrected chi connectivity index (χ4v) is 5.59. The molecule has 4 heterocycles. The molecule has 1 amide bonds. The topological polar surface area (TPSA) is 75.9 Å². The largest absolute Gasteiger partial charge is 0.336 e. The van der Waals surface area contributed by atoms with E-state index in [2.05, 4.69) is 20.3 Å². The number of rotatable bonds is 5. The molecule has 0 saturated heterocycles. The number of carbonyl (C=O) groups excluding carboxylic acids is 1. The van der Waals surface area contributed by atoms with Gasteiger partial charge in [-0.2, -0.15) is 4.39 Å². The highest BCUT2D eigenvalue weighted by atomic mass is 35.5. The van der Waals surface area contributed by atoms with Gasteiger partial charge in [0.2, 0.25) is 11.9 Å². The van der Waals surface area contributed by atoms with Gasteiger partial charge >= 0.3 is 0 Å². The Labute approximate surface area is 234 Å². The fraction of sp³-hybridized carbons (Fsp3) is 0.379. The predicted octanol–water partition coefficient (Wildman–Crippen LogP) is 7.37. The zero-order valence-corrected chi connectivity index (χ0v) is 23.5. The SMILES string of the molecule is Cc1cc(Nc2nc(-c3cc4c(nc3F)C(C)(C)C(=O)N4C3CCC3)cc3ncn(C(C)C)c23)c(F)c(F)c1Cl. The predicted molar refractivity (Wildman–Crippen MR) is 149 cm³/mol. The molecule has 0 unspecified atom stereocenters. The lowest BCUT2D eigenvalue weighted by Gasteiger charge is -2.35. The van der Waals surface area contributed by atoms with E-state index >= 15 is 4.39 Å². The highest BCUT2D eigenvalue weighted by Crippen LogP contribution is 2.46. The molecule has 2 aliphatic rings. The molecule has 40 heavy (non-hydrogen) atoms. The van der Waals surface area contributed by atoms with Gasteiger partial charge in [0.15, 0.2) is 17.5 Å². The summed E-state index contributed by atoms with van der Waals surface area (Å²) in [7, 11) is 0. The Morgan fingerprint density at radius 3 is 2.48 bits per heavy atom. The molecule has 3 aromatic heterocycles. The molecule has 4 aromatic rings. The van der Waals surface area contributed by atoms with E-state index in [0.717, 1.165) is 19.3 Å². The van der Waals surface area contributed by atoms with Gasteiger partial charge in [-0.05, 0) is 77.6 Å². The van der Waals surface area contributed by atoms with Crippen LogP contribution in [0, 0.1) is 24.5 Å². The van der Waals surface area contributed by atoms with Crippen LogP contribution in [0.5, 0.6) is 0 Å². The van der Waals surface area contributed by atoms with Crippen LogP contribution in [0.1, 0.15) is 64.3 Å². The Kier molecular flexibility index (Phi) is 6.10. The zero-order valence-electron chi connectivity index (χ0n) is 22.7. The Hall–Kier alpha value is -3.66. The maximum absolute atomic E-state index is 15.7. The maximum atomic E-state index is 15.7. The van der Waals surface area contributed by atoms with E-state index in [4.69, 9.17) is 11.6 Å². The summed E-state index contributed by atoms with van der Waals surface area (Å²) in [6, 6.07) is 4.65. The van der Waals surface area contributed by atoms with E-state index in [1.54, 1.807) is 44.1 Å². The van der Waals surface area contributed by atoms with Crippen molar-refractivity contribution in [2.45, 2.75) is 71.4 Å². The molecule has 0 spiro atoms. The summed E-state index contributed by atoms with van der Waals surface area (Å²) in [5.74, 6) is -3.06. The molecule has 7 nitrogen and oxygen atoms in total. The van der Waals surface area contributed by atoms with Gasteiger partial charge in [0.25, 0.3) is 0 Å². The molecule has 1 aromatic carbocycles. The third-order valence-corrected chi connectivity index (χ3v) is 8.43. The third-order valence-electron chi connectivity index (χ3n) is 7.97. The van der Waals surface area contributed by atoms with Crippen molar-refractivity contribution in [3.63, 3.8) is 0 Å². The van der Waals surface area contributed by atoms with E-state index < -0.39 is 23.0 Å². The molecular weight excluding hydrogens is 541 g/mol. The van der Waals surface area contributed by atoms with Gasteiger partial charge in [-0.3, -0.25) is 4.79 Å². The maximum Gasteiger partial charge on any atom is 0.239 e. The third kappa shape index (κ3) is 3.87. The Bertz CT molecular complexity index is 1710. The van der Waals surface area contributed by atoms with Crippen LogP contribution in [0.25, 0.3) is 22.3 Å². The number of hydrogen-bond acceptors (Lipinski definition) is 5. The van der Waals surface area contributed by atoms with Crippen molar-refractivity contribution in [1.29, 1.82) is 0 Å². The molecule has 0 radical (unpaired) electrons. The zero-order chi connectivity index (χ0) is 28.7. The van der Waals surface area contributed by atoms with Gasteiger partial charge in [0.05, 0.1) is 50.6 Å². The highest BCUT2D eigenvalue weighted by Gasteiger charge is 2.49. The summed E-state index contributed by atoms with van der Waals surface area (Å²) in [6.07, 6.45) is 4.40. The number of anilines is 3. The number of amides is 1. The van der Waals surface area contributed by atoms with Crippen LogP contribution < -0.4 is 10.2 Å². The minimum absolute atomic E-state index is 0.0330. The van der Waals surface area contributed by atoms with E-state index in [-0.39, 0.29) is 45.8 Å². The van der Waals surface area contributed by atoms with Gasteiger partial charge < -0.3 is 14.8 Å². The van der Waals surface area contributed by atoms with E-state index in [9.17, 15) is 13.6 Å². The van der Waals surface area contributed by atoms with Crippen LogP contribution in [0.15, 0.2) is 24.5 Å². The van der Waals surface area contributed by atoms with Crippen molar-refractivity contribution in [3.8, 4) is 11.3 Å². The standard InChI is InChI=1S/C29H28ClF3N6O/c1-13(2)38-12-34-19-11-17(35-27(24(19)38)36-18-9-14(3)21(30)23(32)22(18)31)16-10-20-25(37-26(16)33)29(4,5)28(40)39(20)15-7-6-8-15/h9-13,15H,6-8H2,1-5H3,(H,35,36). The van der Waals surface area contributed by atoms with Crippen LogP contribution in [-0.4, -0.2) is 31.5 Å². The number of nitrogens with zero attached hydrogens (tertiary/aromatic N) is 5. The first-order valence-corrected chi connectivity index (χ1v) is 13.6. The lowest BCUT2D eigenvalue weighted by atomic mass is 9.89. The molecule has 1 aliphatic carbocycles. The van der Waals surface area contributed by atoms with Crippen LogP contribution in [0.2, 0.25) is 5.02 Å². The second kappa shape index (κ2) is 9.19. The Morgan fingerprint density at radius 1 is 1.10 bits per heavy atom. The molecule has 0 atom stereocenters. The van der Waals surface area contributed by atoms with Crippen LogP contribution in [-0.2, 0) is 10.2 Å². The quantitative estimate of drug-likeness (QED) is 0.201. The molecule has 6 rings (SSSR count). The summed E-state index contributed by atoms with van der Waals surface area (Å²) in [5, 5.41) is 2.60. The summed E-state index contributed by atoms with van der Waals surface area (Å²) >= 11 is 5.90. The number of benzene rings is 1. The molecular formula is C29H28ClF3N6O. The lowest BCUT2D eigenvalue weighted by Crippen LogP contribution is -2.46. The number of carbonyl (C=O) groups is 1. The monoisotopic (exact) mass is 568 g/mol. The number of fused-ring (bicyclic) bond motifs is 2. The first kappa shape index (κ1) is 26.6. The number of pyridine rings is 2. The second-order valence-corrected chi connectivity index (χ2v) is 11.7. The molecule has 1 N–H and O–H groups in total. The summed E-state index contributed by atoms with van der Waals surface area (Å²) in [6.45, 7) is 8.97. The van der Waals surface area contributed by atoms with E-state index in [0.29, 0.717) is 28.0 Å². The van der Waals surface area contributed by atoms with Crippen molar-refractivity contribution < 1.29 is 18.0 Å². The number of nitrogens with one attached hydrogen (secondary N) is 1. The average Bonchev–Trinajstić information content (AvgIpc) is 3.38. The second-order valence-electron chi connectivity index (χ2n) is 11.4. The summed E-state index contributed by atoms with van der Waals surface area (Å²) in [4.78, 5) is 28.5. The number of halogens is 4. The van der Waals surface area contributed by atoms with Crippen LogP contribution in [0.3, 0.4) is 0 Å². The van der Waals surface area contributed by atoms with Gasteiger partial charge in [0.1, 0.15) is 5.52 Å². The van der Waals surface area contributed by atoms with Gasteiger partial charge in [-0.15, -0.1) is 0 Å². The van der Waals surface area contributed by atoms with Gasteiger partial charge in [0, 0.05) is 12.1 Å². The Balaban J connectivity index is 1.54. The molecule has 208 valence electrons. The van der Waals surface area contributed by atoms with Crippen molar-refractivity contribution in [3.05, 3.63) is 58.4 Å². The summed E-state index contributed by atoms with van der Waals surface area (Å²) < 4.78 is 47.0. The number of aromatic nitrogens is 4. The summed E-state index contributed by atoms with van der Waals surface area (Å²) in [5.41, 5.74) is 1.45. The van der Waals surface area contributed by atoms with E-state index in [1.807, 2.05) is 18.4 Å². The van der Waals surface area contributed by atoms with Crippen LogP contribution >= 0.6 is 11.6 Å².